The molecule has 0 fully saturated rings. The summed E-state index contributed by atoms with van der Waals surface area (Å²) in [6, 6.07) is 0. The van der Waals surface area contributed by atoms with Gasteiger partial charge < -0.3 is 4.74 Å². The van der Waals surface area contributed by atoms with Crippen LogP contribution in [-0.4, -0.2) is 5.97 Å². The van der Waals surface area contributed by atoms with Gasteiger partial charge in [0.15, 0.2) is 0 Å². The Balaban J connectivity index is 2.96. The Bertz CT molecular complexity index is 555. The second-order valence-electron chi connectivity index (χ2n) is 6.14. The third-order valence-electron chi connectivity index (χ3n) is 3.49. The molecule has 1 unspecified atom stereocenters. The number of esters is 1. The fourth-order valence-electron chi connectivity index (χ4n) is 2.18. The highest BCUT2D eigenvalue weighted by molar-refractivity contribution is 9.15. The first-order chi connectivity index (χ1) is 10.6. The zero-order valence-corrected chi connectivity index (χ0v) is 21.3. The molecule has 0 radical (unpaired) electrons. The SMILES string of the molecule is CC(C)CC(C(=O)OCc1c(Br)c(Br)c(Br)c(Br)c1Br)C(C)C. The molecule has 1 aromatic carbocycles. The van der Waals surface area contributed by atoms with Crippen LogP contribution in [0.15, 0.2) is 22.4 Å². The number of benzene rings is 1. The summed E-state index contributed by atoms with van der Waals surface area (Å²) in [7, 11) is 0. The van der Waals surface area contributed by atoms with Crippen LogP contribution < -0.4 is 0 Å². The molecule has 0 aromatic heterocycles. The van der Waals surface area contributed by atoms with Crippen LogP contribution in [0.3, 0.4) is 0 Å². The quantitative estimate of drug-likeness (QED) is 0.180. The van der Waals surface area contributed by atoms with Crippen molar-refractivity contribution in [2.45, 2.75) is 40.7 Å². The largest absolute Gasteiger partial charge is 0.461 e. The van der Waals surface area contributed by atoms with Gasteiger partial charge in [-0.3, -0.25) is 4.79 Å². The molecule has 0 aliphatic rings. The highest BCUT2D eigenvalue weighted by Crippen LogP contribution is 2.44. The normalized spacial score (nSPS) is 12.8. The molecule has 0 aliphatic heterocycles. The van der Waals surface area contributed by atoms with Crippen LogP contribution in [-0.2, 0) is 16.1 Å². The Morgan fingerprint density at radius 1 is 0.870 bits per heavy atom. The number of hydrogen-bond donors (Lipinski definition) is 0. The van der Waals surface area contributed by atoms with Crippen molar-refractivity contribution >= 4 is 85.6 Å². The van der Waals surface area contributed by atoms with E-state index >= 15 is 0 Å². The van der Waals surface area contributed by atoms with Crippen LogP contribution in [0.1, 0.15) is 39.7 Å². The molecule has 130 valence electrons. The van der Waals surface area contributed by atoms with E-state index in [0.717, 1.165) is 34.3 Å². The van der Waals surface area contributed by atoms with Crippen LogP contribution in [0, 0.1) is 17.8 Å². The number of rotatable bonds is 6. The minimum atomic E-state index is -0.136. The zero-order valence-electron chi connectivity index (χ0n) is 13.4. The highest BCUT2D eigenvalue weighted by Gasteiger charge is 2.26. The molecule has 0 bridgehead atoms. The van der Waals surface area contributed by atoms with E-state index in [2.05, 4.69) is 107 Å². The van der Waals surface area contributed by atoms with E-state index < -0.39 is 0 Å². The van der Waals surface area contributed by atoms with Crippen LogP contribution >= 0.6 is 79.6 Å². The Morgan fingerprint density at radius 2 is 1.30 bits per heavy atom. The van der Waals surface area contributed by atoms with Crippen molar-refractivity contribution in [3.05, 3.63) is 27.9 Å². The summed E-state index contributed by atoms with van der Waals surface area (Å²) in [5.74, 6) is 0.516. The standard InChI is InChI=1S/C16H19Br5O2/c1-7(2)5-9(8(3)4)16(22)23-6-10-11(17)13(19)15(21)14(20)12(10)18/h7-9H,5-6H2,1-4H3. The maximum atomic E-state index is 12.5. The summed E-state index contributed by atoms with van der Waals surface area (Å²) in [6.45, 7) is 8.59. The van der Waals surface area contributed by atoms with E-state index in [1.165, 1.54) is 0 Å². The topological polar surface area (TPSA) is 26.3 Å². The van der Waals surface area contributed by atoms with Gasteiger partial charge in [0.2, 0.25) is 0 Å². The summed E-state index contributed by atoms with van der Waals surface area (Å²) >= 11 is 17.7. The maximum absolute atomic E-state index is 12.5. The van der Waals surface area contributed by atoms with Crippen molar-refractivity contribution in [3.8, 4) is 0 Å². The number of halogens is 5. The molecule has 1 atom stereocenters. The third kappa shape index (κ3) is 5.80. The molecule has 23 heavy (non-hydrogen) atoms. The van der Waals surface area contributed by atoms with Crippen LogP contribution in [0.4, 0.5) is 0 Å². The Kier molecular flexibility index (Phi) is 9.33. The van der Waals surface area contributed by atoms with Gasteiger partial charge in [-0.15, -0.1) is 0 Å². The monoisotopic (exact) mass is 638 g/mol. The summed E-state index contributed by atoms with van der Waals surface area (Å²) in [6.07, 6.45) is 0.840. The van der Waals surface area contributed by atoms with Gasteiger partial charge in [0, 0.05) is 27.9 Å². The van der Waals surface area contributed by atoms with E-state index in [1.807, 2.05) is 0 Å². The summed E-state index contributed by atoms with van der Waals surface area (Å²) in [5, 5.41) is 0. The number of ether oxygens (including phenoxy) is 1. The Morgan fingerprint density at radius 3 is 1.70 bits per heavy atom. The maximum Gasteiger partial charge on any atom is 0.309 e. The first kappa shape index (κ1) is 22.1. The number of carbonyl (C=O) groups is 1. The van der Waals surface area contributed by atoms with Crippen molar-refractivity contribution in [2.24, 2.45) is 17.8 Å². The molecule has 0 heterocycles. The summed E-state index contributed by atoms with van der Waals surface area (Å²) in [4.78, 5) is 12.5. The molecule has 0 saturated heterocycles. The predicted molar refractivity (Wildman–Crippen MR) is 113 cm³/mol. The van der Waals surface area contributed by atoms with Gasteiger partial charge >= 0.3 is 5.97 Å². The van der Waals surface area contributed by atoms with Crippen molar-refractivity contribution in [1.29, 1.82) is 0 Å². The molecule has 1 aromatic rings. The van der Waals surface area contributed by atoms with Crippen molar-refractivity contribution in [1.82, 2.24) is 0 Å². The number of hydrogen-bond acceptors (Lipinski definition) is 2. The van der Waals surface area contributed by atoms with Gasteiger partial charge in [-0.2, -0.15) is 0 Å². The van der Waals surface area contributed by atoms with E-state index in [-0.39, 0.29) is 24.4 Å². The van der Waals surface area contributed by atoms with Gasteiger partial charge in [0.25, 0.3) is 0 Å². The lowest BCUT2D eigenvalue weighted by molar-refractivity contribution is -0.152. The summed E-state index contributed by atoms with van der Waals surface area (Å²) in [5.41, 5.74) is 0.882. The minimum Gasteiger partial charge on any atom is -0.461 e. The van der Waals surface area contributed by atoms with Gasteiger partial charge in [0.1, 0.15) is 6.61 Å². The fraction of sp³-hybridized carbons (Fsp3) is 0.562. The molecule has 0 N–H and O–H groups in total. The molecule has 7 heteroatoms. The lowest BCUT2D eigenvalue weighted by Gasteiger charge is -2.22. The highest BCUT2D eigenvalue weighted by atomic mass is 79.9. The Labute approximate surface area is 180 Å². The molecule has 0 amide bonds. The van der Waals surface area contributed by atoms with Gasteiger partial charge in [-0.25, -0.2) is 0 Å². The van der Waals surface area contributed by atoms with Crippen LogP contribution in [0.2, 0.25) is 0 Å². The lowest BCUT2D eigenvalue weighted by Crippen LogP contribution is -2.24. The predicted octanol–water partition coefficient (Wildman–Crippen LogP) is 7.86. The molecule has 1 rings (SSSR count). The smallest absolute Gasteiger partial charge is 0.309 e. The minimum absolute atomic E-state index is 0.0742. The van der Waals surface area contributed by atoms with E-state index in [4.69, 9.17) is 4.74 Å². The van der Waals surface area contributed by atoms with Gasteiger partial charge in [-0.1, -0.05) is 27.7 Å². The van der Waals surface area contributed by atoms with Crippen molar-refractivity contribution < 1.29 is 9.53 Å². The van der Waals surface area contributed by atoms with Gasteiger partial charge in [0.05, 0.1) is 5.92 Å². The first-order valence-electron chi connectivity index (χ1n) is 7.24. The fourth-order valence-corrected chi connectivity index (χ4v) is 5.53. The van der Waals surface area contributed by atoms with Crippen molar-refractivity contribution in [3.63, 3.8) is 0 Å². The molecule has 0 aliphatic carbocycles. The second kappa shape index (κ2) is 9.70. The molecule has 0 saturated carbocycles. The molecule has 0 spiro atoms. The van der Waals surface area contributed by atoms with E-state index in [0.29, 0.717) is 5.92 Å². The Hall–Kier alpha value is 1.09. The third-order valence-corrected chi connectivity index (χ3v) is 9.75. The van der Waals surface area contributed by atoms with Crippen molar-refractivity contribution in [2.75, 3.05) is 0 Å². The lowest BCUT2D eigenvalue weighted by atomic mass is 9.88. The van der Waals surface area contributed by atoms with E-state index in [1.54, 1.807) is 0 Å². The van der Waals surface area contributed by atoms with Crippen LogP contribution in [0.25, 0.3) is 0 Å². The molecular formula is C16H19Br5O2. The second-order valence-corrected chi connectivity index (χ2v) is 10.1. The molecular weight excluding hydrogens is 624 g/mol. The summed E-state index contributed by atoms with van der Waals surface area (Å²) < 4.78 is 9.97. The van der Waals surface area contributed by atoms with Gasteiger partial charge in [-0.05, 0) is 97.9 Å². The van der Waals surface area contributed by atoms with Crippen LogP contribution in [0.5, 0.6) is 0 Å². The average Bonchev–Trinajstić information content (AvgIpc) is 2.47. The molecule has 2 nitrogen and oxygen atoms in total. The number of carbonyl (C=O) groups excluding carboxylic acids is 1. The first-order valence-corrected chi connectivity index (χ1v) is 11.2. The average molecular weight is 643 g/mol. The zero-order chi connectivity index (χ0) is 17.9. The van der Waals surface area contributed by atoms with E-state index in [9.17, 15) is 4.79 Å².